The highest BCUT2D eigenvalue weighted by molar-refractivity contribution is 5.86. The number of rotatable bonds is 2. The molecule has 0 bridgehead atoms. The molecule has 2 aliphatic heterocycles. The van der Waals surface area contributed by atoms with Gasteiger partial charge in [0, 0.05) is 31.5 Å². The lowest BCUT2D eigenvalue weighted by Crippen LogP contribution is -2.51. The van der Waals surface area contributed by atoms with Gasteiger partial charge in [0.15, 0.2) is 5.60 Å². The molecule has 23 heavy (non-hydrogen) atoms. The first-order valence-electron chi connectivity index (χ1n) is 7.80. The Morgan fingerprint density at radius 1 is 1.22 bits per heavy atom. The van der Waals surface area contributed by atoms with Crippen LogP contribution in [0.5, 0.6) is 5.75 Å². The number of hydrogen-bond acceptors (Lipinski definition) is 4. The summed E-state index contributed by atoms with van der Waals surface area (Å²) in [5, 5.41) is 19.0. The lowest BCUT2D eigenvalue weighted by atomic mass is 9.90. The lowest BCUT2D eigenvalue weighted by Gasteiger charge is -2.36. The quantitative estimate of drug-likeness (QED) is 0.856. The van der Waals surface area contributed by atoms with Crippen molar-refractivity contribution in [3.8, 4) is 5.75 Å². The molecule has 2 N–H and O–H groups in total. The molecule has 0 saturated carbocycles. The van der Waals surface area contributed by atoms with E-state index in [0.717, 1.165) is 22.4 Å². The number of carboxylic acid groups (broad SMARTS) is 1. The van der Waals surface area contributed by atoms with E-state index in [1.54, 1.807) is 4.90 Å². The van der Waals surface area contributed by atoms with Crippen LogP contribution in [0.1, 0.15) is 35.4 Å². The van der Waals surface area contributed by atoms with E-state index in [1.807, 2.05) is 26.0 Å². The van der Waals surface area contributed by atoms with Gasteiger partial charge in [0.2, 0.25) is 5.91 Å². The number of carboxylic acids is 1. The van der Waals surface area contributed by atoms with Crippen LogP contribution in [0.4, 0.5) is 0 Å². The second-order valence-electron chi connectivity index (χ2n) is 6.50. The van der Waals surface area contributed by atoms with Gasteiger partial charge >= 0.3 is 5.97 Å². The summed E-state index contributed by atoms with van der Waals surface area (Å²) in [6, 6.07) is 3.95. The Hall–Kier alpha value is -2.08. The van der Waals surface area contributed by atoms with Crippen molar-refractivity contribution >= 4 is 11.9 Å². The Labute approximate surface area is 134 Å². The van der Waals surface area contributed by atoms with Gasteiger partial charge in [-0.2, -0.15) is 0 Å². The molecule has 6 nitrogen and oxygen atoms in total. The van der Waals surface area contributed by atoms with Crippen LogP contribution in [0, 0.1) is 13.8 Å². The summed E-state index contributed by atoms with van der Waals surface area (Å²) in [6.07, 6.45) is 0.114. The molecule has 0 aromatic heterocycles. The minimum absolute atomic E-state index is 0.0561. The highest BCUT2D eigenvalue weighted by Crippen LogP contribution is 2.37. The van der Waals surface area contributed by atoms with Crippen molar-refractivity contribution in [2.75, 3.05) is 19.7 Å². The molecule has 124 valence electrons. The molecule has 1 atom stereocenters. The first-order valence-corrected chi connectivity index (χ1v) is 7.80. The first kappa shape index (κ1) is 15.8. The molecule has 0 radical (unpaired) electrons. The third kappa shape index (κ3) is 2.67. The van der Waals surface area contributed by atoms with E-state index in [1.165, 1.54) is 0 Å². The zero-order valence-electron chi connectivity index (χ0n) is 13.3. The average Bonchev–Trinajstić information content (AvgIpc) is 2.90. The summed E-state index contributed by atoms with van der Waals surface area (Å²) < 4.78 is 5.65. The van der Waals surface area contributed by atoms with Crippen LogP contribution < -0.4 is 4.74 Å². The van der Waals surface area contributed by atoms with Gasteiger partial charge in [-0.15, -0.1) is 0 Å². The van der Waals surface area contributed by atoms with Gasteiger partial charge < -0.3 is 19.8 Å². The molecular formula is C17H21NO5. The SMILES string of the molecule is Cc1cc2c(cc1C)C(C(=O)N1CCC(O)(C(=O)O)CC1)CO2. The number of piperidine rings is 1. The predicted molar refractivity (Wildman–Crippen MR) is 82.6 cm³/mol. The fourth-order valence-corrected chi connectivity index (χ4v) is 3.21. The molecule has 2 aliphatic rings. The van der Waals surface area contributed by atoms with E-state index < -0.39 is 11.6 Å². The maximum atomic E-state index is 12.8. The second kappa shape index (κ2) is 5.53. The highest BCUT2D eigenvalue weighted by atomic mass is 16.5. The Morgan fingerprint density at radius 3 is 2.43 bits per heavy atom. The minimum Gasteiger partial charge on any atom is -0.492 e. The van der Waals surface area contributed by atoms with Crippen LogP contribution in [-0.2, 0) is 9.59 Å². The number of aliphatic hydroxyl groups is 1. The van der Waals surface area contributed by atoms with E-state index >= 15 is 0 Å². The van der Waals surface area contributed by atoms with Crippen LogP contribution >= 0.6 is 0 Å². The number of aryl methyl sites for hydroxylation is 2. The molecular weight excluding hydrogens is 298 g/mol. The maximum absolute atomic E-state index is 12.8. The predicted octanol–water partition coefficient (Wildman–Crippen LogP) is 1.22. The zero-order valence-corrected chi connectivity index (χ0v) is 13.3. The minimum atomic E-state index is -1.71. The van der Waals surface area contributed by atoms with Gasteiger partial charge in [-0.25, -0.2) is 4.79 Å². The molecule has 0 aliphatic carbocycles. The second-order valence-corrected chi connectivity index (χ2v) is 6.50. The van der Waals surface area contributed by atoms with Gasteiger partial charge in [0.1, 0.15) is 18.3 Å². The third-order valence-corrected chi connectivity index (χ3v) is 5.01. The summed E-state index contributed by atoms with van der Waals surface area (Å²) >= 11 is 0. The molecule has 1 aromatic carbocycles. The molecule has 2 heterocycles. The van der Waals surface area contributed by atoms with Crippen molar-refractivity contribution in [1.29, 1.82) is 0 Å². The number of carbonyl (C=O) groups is 2. The topological polar surface area (TPSA) is 87.1 Å². The number of carbonyl (C=O) groups excluding carboxylic acids is 1. The molecule has 6 heteroatoms. The van der Waals surface area contributed by atoms with Crippen LogP contribution in [0.3, 0.4) is 0 Å². The van der Waals surface area contributed by atoms with E-state index in [-0.39, 0.29) is 37.8 Å². The van der Waals surface area contributed by atoms with Crippen molar-refractivity contribution in [2.45, 2.75) is 38.2 Å². The van der Waals surface area contributed by atoms with Gasteiger partial charge in [0.25, 0.3) is 0 Å². The Kier molecular flexibility index (Phi) is 3.80. The third-order valence-electron chi connectivity index (χ3n) is 5.01. The molecule has 1 amide bonds. The van der Waals surface area contributed by atoms with Crippen molar-refractivity contribution in [1.82, 2.24) is 4.90 Å². The molecule has 3 rings (SSSR count). The van der Waals surface area contributed by atoms with Crippen molar-refractivity contribution < 1.29 is 24.5 Å². The first-order chi connectivity index (χ1) is 10.8. The number of likely N-dealkylation sites (tertiary alicyclic amines) is 1. The Morgan fingerprint density at radius 2 is 1.83 bits per heavy atom. The fraction of sp³-hybridized carbons (Fsp3) is 0.529. The van der Waals surface area contributed by atoms with E-state index in [0.29, 0.717) is 6.61 Å². The molecule has 0 spiro atoms. The summed E-state index contributed by atoms with van der Waals surface area (Å²) in [5.74, 6) is -0.865. The Bertz CT molecular complexity index is 661. The monoisotopic (exact) mass is 319 g/mol. The van der Waals surface area contributed by atoms with Crippen LogP contribution in [0.2, 0.25) is 0 Å². The number of fused-ring (bicyclic) bond motifs is 1. The fourth-order valence-electron chi connectivity index (χ4n) is 3.21. The van der Waals surface area contributed by atoms with Gasteiger partial charge in [-0.3, -0.25) is 4.79 Å². The van der Waals surface area contributed by atoms with Gasteiger partial charge in [-0.1, -0.05) is 6.07 Å². The number of aliphatic carboxylic acids is 1. The highest BCUT2D eigenvalue weighted by Gasteiger charge is 2.42. The number of benzene rings is 1. The number of hydrogen-bond donors (Lipinski definition) is 2. The van der Waals surface area contributed by atoms with Crippen molar-refractivity contribution in [3.05, 3.63) is 28.8 Å². The molecule has 1 unspecified atom stereocenters. The lowest BCUT2D eigenvalue weighted by molar-refractivity contribution is -0.165. The largest absolute Gasteiger partial charge is 0.492 e. The van der Waals surface area contributed by atoms with Crippen LogP contribution in [-0.4, -0.2) is 52.3 Å². The van der Waals surface area contributed by atoms with Crippen molar-refractivity contribution in [3.63, 3.8) is 0 Å². The number of amides is 1. The molecule has 1 saturated heterocycles. The maximum Gasteiger partial charge on any atom is 0.335 e. The van der Waals surface area contributed by atoms with Crippen LogP contribution in [0.15, 0.2) is 12.1 Å². The summed E-state index contributed by atoms with van der Waals surface area (Å²) in [7, 11) is 0. The normalized spacial score (nSPS) is 22.4. The average molecular weight is 319 g/mol. The van der Waals surface area contributed by atoms with Gasteiger partial charge in [-0.05, 0) is 31.0 Å². The number of ether oxygens (including phenoxy) is 1. The van der Waals surface area contributed by atoms with Gasteiger partial charge in [0.05, 0.1) is 0 Å². The summed E-state index contributed by atoms with van der Waals surface area (Å²) in [5.41, 5.74) is 1.43. The van der Waals surface area contributed by atoms with E-state index in [4.69, 9.17) is 9.84 Å². The summed E-state index contributed by atoms with van der Waals surface area (Å²) in [4.78, 5) is 25.5. The van der Waals surface area contributed by atoms with E-state index in [2.05, 4.69) is 0 Å². The summed E-state index contributed by atoms with van der Waals surface area (Å²) in [6.45, 7) is 4.82. The zero-order chi connectivity index (χ0) is 16.8. The smallest absolute Gasteiger partial charge is 0.335 e. The molecule has 1 aromatic rings. The number of nitrogens with zero attached hydrogens (tertiary/aromatic N) is 1. The van der Waals surface area contributed by atoms with Crippen molar-refractivity contribution in [2.24, 2.45) is 0 Å². The van der Waals surface area contributed by atoms with Crippen LogP contribution in [0.25, 0.3) is 0 Å². The molecule has 1 fully saturated rings. The standard InChI is InChI=1S/C17H21NO5/c1-10-7-12-13(9-23-14(12)8-11(10)2)15(19)18-5-3-17(22,4-6-18)16(20)21/h7-8,13,22H,3-6,9H2,1-2H3,(H,20,21). The van der Waals surface area contributed by atoms with E-state index in [9.17, 15) is 14.7 Å². The Balaban J connectivity index is 1.75.